The number of nitrogens with zero attached hydrogens (tertiary/aromatic N) is 4. The molecule has 2 fully saturated rings. The maximum atomic E-state index is 13.0. The summed E-state index contributed by atoms with van der Waals surface area (Å²) in [5.74, 6) is -3.40. The van der Waals surface area contributed by atoms with Gasteiger partial charge in [-0.25, -0.2) is 18.4 Å². The molecule has 0 aliphatic carbocycles. The molecule has 2 atom stereocenters. The Hall–Kier alpha value is -2.56. The molecule has 0 bridgehead atoms. The smallest absolute Gasteiger partial charge is 0.335 e. The summed E-state index contributed by atoms with van der Waals surface area (Å²) in [5, 5.41) is 4.07. The van der Waals surface area contributed by atoms with Crippen molar-refractivity contribution in [2.24, 2.45) is 0 Å². The number of rotatable bonds is 3. The standard InChI is InChI=1S/C16H13F5N4O2/c1-8-2-9(4-10(3-8)16(19,20)21)12-22-7-25(23-12)14-11(27-14)13(26)24-5-15(17,18)6-24/h2-4,7,11,14H,5-6H2,1H3. The summed E-state index contributed by atoms with van der Waals surface area (Å²) in [6.07, 6.45) is -5.02. The van der Waals surface area contributed by atoms with Crippen LogP contribution in [0, 0.1) is 6.92 Å². The van der Waals surface area contributed by atoms with E-state index in [-0.39, 0.29) is 11.4 Å². The zero-order valence-corrected chi connectivity index (χ0v) is 13.9. The summed E-state index contributed by atoms with van der Waals surface area (Å²) in [4.78, 5) is 17.0. The molecule has 2 saturated heterocycles. The van der Waals surface area contributed by atoms with E-state index >= 15 is 0 Å². The van der Waals surface area contributed by atoms with E-state index in [1.54, 1.807) is 0 Å². The lowest BCUT2D eigenvalue weighted by atomic mass is 10.1. The fourth-order valence-corrected chi connectivity index (χ4v) is 2.94. The van der Waals surface area contributed by atoms with Gasteiger partial charge < -0.3 is 9.64 Å². The van der Waals surface area contributed by atoms with Crippen LogP contribution in [0.4, 0.5) is 22.0 Å². The molecule has 27 heavy (non-hydrogen) atoms. The van der Waals surface area contributed by atoms with E-state index in [4.69, 9.17) is 4.74 Å². The molecule has 0 radical (unpaired) electrons. The minimum Gasteiger partial charge on any atom is -0.335 e. The molecule has 2 unspecified atom stereocenters. The summed E-state index contributed by atoms with van der Waals surface area (Å²) in [7, 11) is 0. The van der Waals surface area contributed by atoms with Gasteiger partial charge in [-0.05, 0) is 30.7 Å². The Morgan fingerprint density at radius 2 is 1.96 bits per heavy atom. The fourth-order valence-electron chi connectivity index (χ4n) is 2.94. The van der Waals surface area contributed by atoms with E-state index < -0.39 is 49.0 Å². The first-order chi connectivity index (χ1) is 12.5. The number of amides is 1. The summed E-state index contributed by atoms with van der Waals surface area (Å²) >= 11 is 0. The molecule has 2 aromatic rings. The lowest BCUT2D eigenvalue weighted by Crippen LogP contribution is -2.59. The average Bonchev–Trinajstić information content (AvgIpc) is 3.19. The molecule has 1 aromatic carbocycles. The van der Waals surface area contributed by atoms with Crippen LogP contribution in [0.5, 0.6) is 0 Å². The number of alkyl halides is 5. The molecule has 4 rings (SSSR count). The summed E-state index contributed by atoms with van der Waals surface area (Å²) < 4.78 is 71.0. The van der Waals surface area contributed by atoms with Crippen molar-refractivity contribution < 1.29 is 31.5 Å². The van der Waals surface area contributed by atoms with Gasteiger partial charge in [-0.2, -0.15) is 13.2 Å². The number of likely N-dealkylation sites (tertiary alicyclic amines) is 1. The summed E-state index contributed by atoms with van der Waals surface area (Å²) in [6.45, 7) is 0.229. The van der Waals surface area contributed by atoms with Gasteiger partial charge in [0, 0.05) is 5.56 Å². The third kappa shape index (κ3) is 3.38. The van der Waals surface area contributed by atoms with Crippen molar-refractivity contribution in [1.82, 2.24) is 19.7 Å². The van der Waals surface area contributed by atoms with Crippen LogP contribution in [0.3, 0.4) is 0 Å². The molecule has 2 aliphatic heterocycles. The van der Waals surface area contributed by atoms with E-state index in [9.17, 15) is 26.7 Å². The van der Waals surface area contributed by atoms with E-state index in [0.29, 0.717) is 5.56 Å². The van der Waals surface area contributed by atoms with Crippen molar-refractivity contribution in [3.05, 3.63) is 35.7 Å². The highest BCUT2D eigenvalue weighted by Crippen LogP contribution is 2.38. The minimum absolute atomic E-state index is 0.0429. The first-order valence-electron chi connectivity index (χ1n) is 7.96. The molecule has 1 amide bonds. The lowest BCUT2D eigenvalue weighted by molar-refractivity contribution is -0.166. The summed E-state index contributed by atoms with van der Waals surface area (Å²) in [5.41, 5.74) is -0.249. The molecule has 3 heterocycles. The maximum absolute atomic E-state index is 13.0. The van der Waals surface area contributed by atoms with Gasteiger partial charge in [0.1, 0.15) is 6.33 Å². The maximum Gasteiger partial charge on any atom is 0.416 e. The number of aromatic nitrogens is 3. The number of aryl methyl sites for hydroxylation is 1. The highest BCUT2D eigenvalue weighted by Gasteiger charge is 2.55. The molecule has 0 saturated carbocycles. The Bertz CT molecular complexity index is 902. The highest BCUT2D eigenvalue weighted by molar-refractivity contribution is 5.84. The molecule has 144 valence electrons. The molecule has 0 spiro atoms. The third-order valence-electron chi connectivity index (χ3n) is 4.30. The van der Waals surface area contributed by atoms with Gasteiger partial charge in [0.15, 0.2) is 18.2 Å². The Labute approximate surface area is 149 Å². The van der Waals surface area contributed by atoms with Crippen LogP contribution in [0.1, 0.15) is 17.4 Å². The molecular formula is C16H13F5N4O2. The van der Waals surface area contributed by atoms with Crippen LogP contribution in [-0.2, 0) is 15.7 Å². The number of ether oxygens (including phenoxy) is 1. The number of hydrogen-bond acceptors (Lipinski definition) is 4. The molecule has 1 aromatic heterocycles. The lowest BCUT2D eigenvalue weighted by Gasteiger charge is -2.38. The van der Waals surface area contributed by atoms with Crippen LogP contribution in [-0.4, -0.2) is 50.7 Å². The van der Waals surface area contributed by atoms with Gasteiger partial charge in [0.25, 0.3) is 11.8 Å². The van der Waals surface area contributed by atoms with Gasteiger partial charge in [-0.15, -0.1) is 5.10 Å². The van der Waals surface area contributed by atoms with Crippen LogP contribution >= 0.6 is 0 Å². The zero-order valence-electron chi connectivity index (χ0n) is 13.9. The van der Waals surface area contributed by atoms with Gasteiger partial charge >= 0.3 is 6.18 Å². The number of halogens is 5. The van der Waals surface area contributed by atoms with E-state index in [2.05, 4.69) is 10.1 Å². The first kappa shape index (κ1) is 17.8. The van der Waals surface area contributed by atoms with Crippen molar-refractivity contribution in [3.63, 3.8) is 0 Å². The van der Waals surface area contributed by atoms with Crippen LogP contribution in [0.25, 0.3) is 11.4 Å². The average molecular weight is 388 g/mol. The largest absolute Gasteiger partial charge is 0.416 e. The zero-order chi connectivity index (χ0) is 19.6. The van der Waals surface area contributed by atoms with Crippen LogP contribution < -0.4 is 0 Å². The molecule has 11 heteroatoms. The Morgan fingerprint density at radius 3 is 2.59 bits per heavy atom. The van der Waals surface area contributed by atoms with Crippen molar-refractivity contribution in [1.29, 1.82) is 0 Å². The third-order valence-corrected chi connectivity index (χ3v) is 4.30. The Balaban J connectivity index is 1.49. The number of epoxide rings is 1. The summed E-state index contributed by atoms with van der Waals surface area (Å²) in [6, 6.07) is 3.46. The SMILES string of the molecule is Cc1cc(-c2ncn(C3OC3C(=O)N3CC(F)(F)C3)n2)cc(C(F)(F)F)c1. The van der Waals surface area contributed by atoms with Crippen molar-refractivity contribution in [2.45, 2.75) is 31.4 Å². The molecule has 0 N–H and O–H groups in total. The van der Waals surface area contributed by atoms with Crippen LogP contribution in [0.2, 0.25) is 0 Å². The second kappa shape index (κ2) is 5.72. The van der Waals surface area contributed by atoms with Gasteiger partial charge in [-0.3, -0.25) is 4.79 Å². The second-order valence-electron chi connectivity index (χ2n) is 6.63. The van der Waals surface area contributed by atoms with Crippen molar-refractivity contribution in [3.8, 4) is 11.4 Å². The van der Waals surface area contributed by atoms with E-state index in [1.165, 1.54) is 24.0 Å². The van der Waals surface area contributed by atoms with Gasteiger partial charge in [0.05, 0.1) is 18.7 Å². The highest BCUT2D eigenvalue weighted by atomic mass is 19.4. The van der Waals surface area contributed by atoms with Crippen molar-refractivity contribution in [2.75, 3.05) is 13.1 Å². The number of carbonyl (C=O) groups excluding carboxylic acids is 1. The number of hydrogen-bond donors (Lipinski definition) is 0. The van der Waals surface area contributed by atoms with E-state index in [1.807, 2.05) is 0 Å². The molecule has 2 aliphatic rings. The van der Waals surface area contributed by atoms with Crippen molar-refractivity contribution >= 4 is 5.91 Å². The fraction of sp³-hybridized carbons (Fsp3) is 0.438. The number of carbonyl (C=O) groups is 1. The van der Waals surface area contributed by atoms with Crippen LogP contribution in [0.15, 0.2) is 24.5 Å². The Kier molecular flexibility index (Phi) is 3.78. The quantitative estimate of drug-likeness (QED) is 0.599. The number of benzene rings is 1. The van der Waals surface area contributed by atoms with Gasteiger partial charge in [0.2, 0.25) is 0 Å². The predicted molar refractivity (Wildman–Crippen MR) is 80.6 cm³/mol. The first-order valence-corrected chi connectivity index (χ1v) is 7.96. The van der Waals surface area contributed by atoms with E-state index in [0.717, 1.165) is 17.0 Å². The normalized spacial score (nSPS) is 23.9. The minimum atomic E-state index is -4.50. The Morgan fingerprint density at radius 1 is 1.26 bits per heavy atom. The molecular weight excluding hydrogens is 375 g/mol. The monoisotopic (exact) mass is 388 g/mol. The second-order valence-corrected chi connectivity index (χ2v) is 6.63. The molecule has 6 nitrogen and oxygen atoms in total. The predicted octanol–water partition coefficient (Wildman–Crippen LogP) is 2.65. The topological polar surface area (TPSA) is 63.6 Å². The van der Waals surface area contributed by atoms with Gasteiger partial charge in [-0.1, -0.05) is 0 Å².